The number of ether oxygens (including phenoxy) is 1. The molecule has 0 saturated heterocycles. The van der Waals surface area contributed by atoms with E-state index in [-0.39, 0.29) is 5.75 Å². The highest BCUT2D eigenvalue weighted by atomic mass is 19.3. The van der Waals surface area contributed by atoms with E-state index in [0.717, 1.165) is 35.1 Å². The van der Waals surface area contributed by atoms with Crippen LogP contribution in [0.15, 0.2) is 60.9 Å². The molecular weight excluding hydrogens is 346 g/mol. The molecular formula is C22H20F2N2O. The molecule has 0 aliphatic carbocycles. The molecule has 1 aromatic heterocycles. The van der Waals surface area contributed by atoms with Crippen LogP contribution in [0.3, 0.4) is 0 Å². The highest BCUT2D eigenvalue weighted by molar-refractivity contribution is 5.71. The third kappa shape index (κ3) is 5.45. The van der Waals surface area contributed by atoms with Gasteiger partial charge in [0.25, 0.3) is 0 Å². The fourth-order valence-corrected chi connectivity index (χ4v) is 2.62. The van der Waals surface area contributed by atoms with Crippen molar-refractivity contribution in [2.24, 2.45) is 0 Å². The Morgan fingerprint density at radius 3 is 1.96 bits per heavy atom. The number of aryl methyl sites for hydroxylation is 1. The van der Waals surface area contributed by atoms with Crippen LogP contribution < -0.4 is 4.74 Å². The summed E-state index contributed by atoms with van der Waals surface area (Å²) in [5, 5.41) is 0. The standard InChI is InChI=1S/C22H20F2N2O/c1-2-3-18-14-25-21(26-15-18)19-10-6-16(7-11-19)4-5-17-8-12-20(13-9-17)27-22(23)24/h4-15,22H,2-3H2,1H3. The van der Waals surface area contributed by atoms with E-state index in [1.807, 2.05) is 48.8 Å². The van der Waals surface area contributed by atoms with Gasteiger partial charge < -0.3 is 4.74 Å². The maximum atomic E-state index is 12.2. The third-order valence-corrected chi connectivity index (χ3v) is 3.99. The number of hydrogen-bond donors (Lipinski definition) is 0. The second-order valence-electron chi connectivity index (χ2n) is 6.07. The van der Waals surface area contributed by atoms with Gasteiger partial charge in [-0.3, -0.25) is 0 Å². The molecule has 0 bridgehead atoms. The van der Waals surface area contributed by atoms with Gasteiger partial charge in [0.2, 0.25) is 0 Å². The lowest BCUT2D eigenvalue weighted by Crippen LogP contribution is -2.01. The Labute approximate surface area is 157 Å². The number of alkyl halides is 2. The van der Waals surface area contributed by atoms with E-state index in [9.17, 15) is 8.78 Å². The Bertz CT molecular complexity index is 874. The minimum absolute atomic E-state index is 0.149. The molecule has 5 heteroatoms. The molecule has 27 heavy (non-hydrogen) atoms. The van der Waals surface area contributed by atoms with Gasteiger partial charge in [-0.15, -0.1) is 0 Å². The van der Waals surface area contributed by atoms with Crippen molar-refractivity contribution in [3.8, 4) is 17.1 Å². The molecule has 3 rings (SSSR count). The van der Waals surface area contributed by atoms with Gasteiger partial charge in [0.05, 0.1) is 0 Å². The summed E-state index contributed by atoms with van der Waals surface area (Å²) in [6.45, 7) is -0.678. The molecule has 0 aliphatic heterocycles. The molecule has 0 fully saturated rings. The maximum absolute atomic E-state index is 12.2. The highest BCUT2D eigenvalue weighted by Gasteiger charge is 2.03. The average molecular weight is 366 g/mol. The largest absolute Gasteiger partial charge is 0.435 e. The van der Waals surface area contributed by atoms with Gasteiger partial charge >= 0.3 is 6.61 Å². The highest BCUT2D eigenvalue weighted by Crippen LogP contribution is 2.19. The van der Waals surface area contributed by atoms with Gasteiger partial charge in [-0.2, -0.15) is 8.78 Å². The zero-order valence-corrected chi connectivity index (χ0v) is 15.0. The lowest BCUT2D eigenvalue weighted by Gasteiger charge is -2.04. The molecule has 138 valence electrons. The Morgan fingerprint density at radius 2 is 1.44 bits per heavy atom. The summed E-state index contributed by atoms with van der Waals surface area (Å²) in [5.74, 6) is 0.858. The Balaban J connectivity index is 1.65. The van der Waals surface area contributed by atoms with Crippen LogP contribution in [0.2, 0.25) is 0 Å². The van der Waals surface area contributed by atoms with Crippen LogP contribution in [0.5, 0.6) is 5.75 Å². The first-order valence-corrected chi connectivity index (χ1v) is 8.78. The molecule has 0 amide bonds. The van der Waals surface area contributed by atoms with Crippen LogP contribution in [0.25, 0.3) is 23.5 Å². The topological polar surface area (TPSA) is 35.0 Å². The Hall–Kier alpha value is -3.08. The van der Waals surface area contributed by atoms with Gasteiger partial charge in [-0.05, 0) is 35.2 Å². The van der Waals surface area contributed by atoms with Crippen molar-refractivity contribution in [2.75, 3.05) is 0 Å². The predicted molar refractivity (Wildman–Crippen MR) is 103 cm³/mol. The summed E-state index contributed by atoms with van der Waals surface area (Å²) in [7, 11) is 0. The van der Waals surface area contributed by atoms with Crippen LogP contribution in [0.1, 0.15) is 30.0 Å². The first-order valence-electron chi connectivity index (χ1n) is 8.78. The normalized spacial score (nSPS) is 11.3. The predicted octanol–water partition coefficient (Wildman–Crippen LogP) is 5.87. The minimum Gasteiger partial charge on any atom is -0.435 e. The van der Waals surface area contributed by atoms with Crippen molar-refractivity contribution in [1.29, 1.82) is 0 Å². The Morgan fingerprint density at radius 1 is 0.889 bits per heavy atom. The van der Waals surface area contributed by atoms with Crippen molar-refractivity contribution in [1.82, 2.24) is 9.97 Å². The molecule has 0 spiro atoms. The van der Waals surface area contributed by atoms with E-state index < -0.39 is 6.61 Å². The van der Waals surface area contributed by atoms with Crippen molar-refractivity contribution in [3.05, 3.63) is 77.6 Å². The zero-order chi connectivity index (χ0) is 19.1. The van der Waals surface area contributed by atoms with E-state index in [4.69, 9.17) is 0 Å². The van der Waals surface area contributed by atoms with E-state index in [2.05, 4.69) is 21.6 Å². The number of halogens is 2. The molecule has 3 aromatic rings. The summed E-state index contributed by atoms with van der Waals surface area (Å²) >= 11 is 0. The Kier molecular flexibility index (Phi) is 6.26. The van der Waals surface area contributed by atoms with Gasteiger partial charge in [0.1, 0.15) is 5.75 Å². The molecule has 0 aliphatic rings. The van der Waals surface area contributed by atoms with Gasteiger partial charge in [0, 0.05) is 18.0 Å². The van der Waals surface area contributed by atoms with Gasteiger partial charge in [-0.1, -0.05) is 61.9 Å². The summed E-state index contributed by atoms with van der Waals surface area (Å²) < 4.78 is 28.6. The minimum atomic E-state index is -2.81. The van der Waals surface area contributed by atoms with Gasteiger partial charge in [-0.25, -0.2) is 9.97 Å². The van der Waals surface area contributed by atoms with E-state index in [1.165, 1.54) is 12.1 Å². The molecule has 0 N–H and O–H groups in total. The second-order valence-corrected chi connectivity index (χ2v) is 6.07. The fourth-order valence-electron chi connectivity index (χ4n) is 2.62. The third-order valence-electron chi connectivity index (χ3n) is 3.99. The first-order chi connectivity index (χ1) is 13.1. The summed E-state index contributed by atoms with van der Waals surface area (Å²) in [4.78, 5) is 8.85. The van der Waals surface area contributed by atoms with Gasteiger partial charge in [0.15, 0.2) is 5.82 Å². The molecule has 1 heterocycles. The summed E-state index contributed by atoms with van der Waals surface area (Å²) in [5.41, 5.74) is 4.03. The number of rotatable bonds is 7. The molecule has 0 unspecified atom stereocenters. The molecule has 3 nitrogen and oxygen atoms in total. The van der Waals surface area contributed by atoms with Crippen molar-refractivity contribution >= 4 is 12.2 Å². The fraction of sp³-hybridized carbons (Fsp3) is 0.182. The zero-order valence-electron chi connectivity index (χ0n) is 15.0. The van der Waals surface area contributed by atoms with Crippen LogP contribution in [-0.4, -0.2) is 16.6 Å². The summed E-state index contributed by atoms with van der Waals surface area (Å²) in [6, 6.07) is 14.4. The smallest absolute Gasteiger partial charge is 0.387 e. The van der Waals surface area contributed by atoms with E-state index in [1.54, 1.807) is 12.1 Å². The van der Waals surface area contributed by atoms with Crippen LogP contribution >= 0.6 is 0 Å². The van der Waals surface area contributed by atoms with E-state index in [0.29, 0.717) is 5.82 Å². The van der Waals surface area contributed by atoms with Crippen LogP contribution in [0, 0.1) is 0 Å². The molecule has 0 saturated carbocycles. The van der Waals surface area contributed by atoms with Crippen molar-refractivity contribution < 1.29 is 13.5 Å². The van der Waals surface area contributed by atoms with Crippen LogP contribution in [-0.2, 0) is 6.42 Å². The van der Waals surface area contributed by atoms with Crippen LogP contribution in [0.4, 0.5) is 8.78 Å². The van der Waals surface area contributed by atoms with Crippen molar-refractivity contribution in [2.45, 2.75) is 26.4 Å². The molecule has 0 atom stereocenters. The maximum Gasteiger partial charge on any atom is 0.387 e. The lowest BCUT2D eigenvalue weighted by atomic mass is 10.1. The molecule has 2 aromatic carbocycles. The lowest BCUT2D eigenvalue weighted by molar-refractivity contribution is -0.0498. The van der Waals surface area contributed by atoms with Crippen molar-refractivity contribution in [3.63, 3.8) is 0 Å². The monoisotopic (exact) mass is 366 g/mol. The number of aromatic nitrogens is 2. The number of benzene rings is 2. The SMILES string of the molecule is CCCc1cnc(-c2ccc(C=Cc3ccc(OC(F)F)cc3)cc2)nc1. The second kappa shape index (κ2) is 9.03. The quantitative estimate of drug-likeness (QED) is 0.491. The first kappa shape index (κ1) is 18.7. The number of nitrogens with zero attached hydrogens (tertiary/aromatic N) is 2. The summed E-state index contributed by atoms with van der Waals surface area (Å²) in [6.07, 6.45) is 9.68. The number of hydrogen-bond acceptors (Lipinski definition) is 3. The molecule has 0 radical (unpaired) electrons. The average Bonchev–Trinajstić information content (AvgIpc) is 2.68. The van der Waals surface area contributed by atoms with E-state index >= 15 is 0 Å².